The first-order chi connectivity index (χ1) is 6.15. The van der Waals surface area contributed by atoms with E-state index in [1.165, 1.54) is 0 Å². The van der Waals surface area contributed by atoms with Crippen molar-refractivity contribution in [3.63, 3.8) is 0 Å². The molecule has 0 spiro atoms. The summed E-state index contributed by atoms with van der Waals surface area (Å²) in [6, 6.07) is 0. The van der Waals surface area contributed by atoms with Crippen molar-refractivity contribution in [1.29, 1.82) is 0 Å². The third kappa shape index (κ3) is 1.75. The molecule has 1 aliphatic heterocycles. The van der Waals surface area contributed by atoms with Gasteiger partial charge in [0.1, 0.15) is 0 Å². The molecule has 1 aliphatic rings. The summed E-state index contributed by atoms with van der Waals surface area (Å²) in [5.41, 5.74) is -1.10. The Labute approximate surface area is 84.6 Å². The van der Waals surface area contributed by atoms with Crippen molar-refractivity contribution >= 4 is 7.91 Å². The minimum Gasteiger partial charge on any atom is -0.280 e. The third-order valence-electron chi connectivity index (χ3n) is 3.65. The Balaban J connectivity index is 3.08. The molecule has 84 valence electrons. The van der Waals surface area contributed by atoms with Crippen molar-refractivity contribution in [3.05, 3.63) is 0 Å². The first kappa shape index (κ1) is 12.2. The lowest BCUT2D eigenvalue weighted by molar-refractivity contribution is -0.141. The zero-order valence-electron chi connectivity index (χ0n) is 9.33. The van der Waals surface area contributed by atoms with E-state index in [2.05, 4.69) is 0 Å². The van der Waals surface area contributed by atoms with Gasteiger partial charge < -0.3 is 0 Å². The van der Waals surface area contributed by atoms with Gasteiger partial charge in [0.25, 0.3) is 0 Å². The molecule has 3 nitrogen and oxygen atoms in total. The van der Waals surface area contributed by atoms with Gasteiger partial charge in [-0.25, -0.2) is 4.57 Å². The van der Waals surface area contributed by atoms with Gasteiger partial charge in [-0.1, -0.05) is 20.8 Å². The second kappa shape index (κ2) is 3.29. The Hall–Kier alpha value is 0.0800. The zero-order chi connectivity index (χ0) is 11.2. The van der Waals surface area contributed by atoms with Crippen LogP contribution in [0.15, 0.2) is 0 Å². The van der Waals surface area contributed by atoms with Crippen molar-refractivity contribution in [2.75, 3.05) is 0 Å². The maximum absolute atomic E-state index is 13.3. The molecule has 3 unspecified atom stereocenters. The summed E-state index contributed by atoms with van der Waals surface area (Å²) in [5.74, 6) is 0. The quantitative estimate of drug-likeness (QED) is 0.637. The molecule has 1 rings (SSSR count). The Kier molecular flexibility index (Phi) is 2.86. The van der Waals surface area contributed by atoms with Crippen LogP contribution < -0.4 is 0 Å². The molecule has 1 heterocycles. The van der Waals surface area contributed by atoms with Crippen molar-refractivity contribution in [2.24, 2.45) is 5.41 Å². The second-order valence-electron chi connectivity index (χ2n) is 4.58. The monoisotopic (exact) mass is 224 g/mol. The largest absolute Gasteiger partial charge is 0.513 e. The van der Waals surface area contributed by atoms with Crippen LogP contribution in [0, 0.1) is 5.41 Å². The molecule has 5 heteroatoms. The maximum Gasteiger partial charge on any atom is 0.513 e. The molecule has 14 heavy (non-hydrogen) atoms. The van der Waals surface area contributed by atoms with Gasteiger partial charge in [-0.3, -0.25) is 9.05 Å². The molecule has 0 aliphatic carbocycles. The van der Waals surface area contributed by atoms with Crippen molar-refractivity contribution in [3.8, 4) is 0 Å². The van der Waals surface area contributed by atoms with E-state index in [1.807, 2.05) is 20.8 Å². The summed E-state index contributed by atoms with van der Waals surface area (Å²) in [7, 11) is -4.36. The average molecular weight is 224 g/mol. The second-order valence-corrected chi connectivity index (χ2v) is 5.83. The van der Waals surface area contributed by atoms with Gasteiger partial charge in [-0.2, -0.15) is 0 Å². The third-order valence-corrected chi connectivity index (χ3v) is 4.84. The molecule has 1 fully saturated rings. The van der Waals surface area contributed by atoms with Crippen LogP contribution in [-0.2, 0) is 13.6 Å². The van der Waals surface area contributed by atoms with Crippen LogP contribution in [-0.4, -0.2) is 11.7 Å². The molecule has 0 aromatic heterocycles. The van der Waals surface area contributed by atoms with Crippen molar-refractivity contribution < 1.29 is 17.8 Å². The summed E-state index contributed by atoms with van der Waals surface area (Å²) < 4.78 is 34.2. The van der Waals surface area contributed by atoms with Crippen LogP contribution >= 0.6 is 7.91 Å². The van der Waals surface area contributed by atoms with E-state index in [0.29, 0.717) is 6.42 Å². The minimum atomic E-state index is -4.36. The van der Waals surface area contributed by atoms with Crippen LogP contribution in [0.3, 0.4) is 0 Å². The summed E-state index contributed by atoms with van der Waals surface area (Å²) in [4.78, 5) is 0. The van der Waals surface area contributed by atoms with Crippen LogP contribution in [0.1, 0.15) is 41.0 Å². The Morgan fingerprint density at radius 1 is 1.43 bits per heavy atom. The fraction of sp³-hybridized carbons (Fsp3) is 1.00. The molecule has 0 amide bonds. The number of rotatable bonds is 1. The normalized spacial score (nSPS) is 47.7. The van der Waals surface area contributed by atoms with Crippen LogP contribution in [0.5, 0.6) is 0 Å². The molecule has 0 saturated carbocycles. The number of hydrogen-bond acceptors (Lipinski definition) is 3. The highest BCUT2D eigenvalue weighted by Crippen LogP contribution is 2.64. The predicted octanol–water partition coefficient (Wildman–Crippen LogP) is 3.69. The van der Waals surface area contributed by atoms with Crippen LogP contribution in [0.4, 0.5) is 4.20 Å². The van der Waals surface area contributed by atoms with Gasteiger partial charge >= 0.3 is 7.91 Å². The first-order valence-corrected chi connectivity index (χ1v) is 6.27. The Morgan fingerprint density at radius 2 is 1.93 bits per heavy atom. The first-order valence-electron chi connectivity index (χ1n) is 4.83. The van der Waals surface area contributed by atoms with Crippen molar-refractivity contribution in [2.45, 2.75) is 52.7 Å². The smallest absolute Gasteiger partial charge is 0.280 e. The van der Waals surface area contributed by atoms with E-state index in [-0.39, 0.29) is 5.41 Å². The topological polar surface area (TPSA) is 35.5 Å². The summed E-state index contributed by atoms with van der Waals surface area (Å²) in [6.45, 7) is 9.25. The van der Waals surface area contributed by atoms with E-state index in [4.69, 9.17) is 9.05 Å². The van der Waals surface area contributed by atoms with Crippen LogP contribution in [0.25, 0.3) is 0 Å². The number of halogens is 1. The molecule has 0 aromatic carbocycles. The predicted molar refractivity (Wildman–Crippen MR) is 52.8 cm³/mol. The fourth-order valence-corrected chi connectivity index (χ4v) is 3.18. The average Bonchev–Trinajstić information content (AvgIpc) is 2.00. The molecule has 3 atom stereocenters. The number of hydrogen-bond donors (Lipinski definition) is 0. The van der Waals surface area contributed by atoms with E-state index in [1.54, 1.807) is 13.8 Å². The summed E-state index contributed by atoms with van der Waals surface area (Å²) in [6.07, 6.45) is 0.179. The summed E-state index contributed by atoms with van der Waals surface area (Å²) in [5, 5.41) is 0. The highest BCUT2D eigenvalue weighted by Gasteiger charge is 2.56. The van der Waals surface area contributed by atoms with E-state index >= 15 is 0 Å². The van der Waals surface area contributed by atoms with Gasteiger partial charge in [-0.05, 0) is 20.3 Å². The molecule has 1 saturated heterocycles. The highest BCUT2D eigenvalue weighted by atomic mass is 31.2. The molecular weight excluding hydrogens is 206 g/mol. The maximum atomic E-state index is 13.3. The standard InChI is InChI=1S/C9H18FO3P/c1-6-9(5)8(3,4)7(2)12-14(10,11)13-9/h7H,6H2,1-5H3. The SMILES string of the molecule is CCC1(C)OP(=O)(F)OC(C)C1(C)C. The van der Waals surface area contributed by atoms with Gasteiger partial charge in [0.2, 0.25) is 0 Å². The van der Waals surface area contributed by atoms with E-state index in [9.17, 15) is 8.76 Å². The molecular formula is C9H18FO3P. The molecule has 0 N–H and O–H groups in total. The lowest BCUT2D eigenvalue weighted by atomic mass is 9.71. The highest BCUT2D eigenvalue weighted by molar-refractivity contribution is 7.48. The Morgan fingerprint density at radius 3 is 2.36 bits per heavy atom. The van der Waals surface area contributed by atoms with Gasteiger partial charge in [0, 0.05) is 5.41 Å². The zero-order valence-corrected chi connectivity index (χ0v) is 10.2. The molecule has 0 bridgehead atoms. The molecule has 0 radical (unpaired) electrons. The molecule has 0 aromatic rings. The lowest BCUT2D eigenvalue weighted by Crippen LogP contribution is -2.53. The van der Waals surface area contributed by atoms with E-state index in [0.717, 1.165) is 0 Å². The minimum absolute atomic E-state index is 0.359. The summed E-state index contributed by atoms with van der Waals surface area (Å²) >= 11 is 0. The van der Waals surface area contributed by atoms with E-state index < -0.39 is 19.6 Å². The van der Waals surface area contributed by atoms with Crippen LogP contribution in [0.2, 0.25) is 0 Å². The van der Waals surface area contributed by atoms with Gasteiger partial charge in [0.15, 0.2) is 0 Å². The van der Waals surface area contributed by atoms with Gasteiger partial charge in [-0.15, -0.1) is 4.20 Å². The lowest BCUT2D eigenvalue weighted by Gasteiger charge is -2.50. The van der Waals surface area contributed by atoms with Crippen molar-refractivity contribution in [1.82, 2.24) is 0 Å². The Bertz CT molecular complexity index is 279. The van der Waals surface area contributed by atoms with Gasteiger partial charge in [0.05, 0.1) is 11.7 Å². The fourth-order valence-electron chi connectivity index (χ4n) is 1.65.